The first-order valence-corrected chi connectivity index (χ1v) is 10.9. The van der Waals surface area contributed by atoms with Crippen LogP contribution in [0.15, 0.2) is 44.0 Å². The van der Waals surface area contributed by atoms with Gasteiger partial charge in [-0.1, -0.05) is 32.0 Å². The van der Waals surface area contributed by atoms with Crippen molar-refractivity contribution in [1.29, 1.82) is 0 Å². The van der Waals surface area contributed by atoms with Gasteiger partial charge in [0.25, 0.3) is 0 Å². The minimum Gasteiger partial charge on any atom is -0.449 e. The van der Waals surface area contributed by atoms with Crippen LogP contribution in [-0.4, -0.2) is 41.9 Å². The number of amides is 1. The molecule has 0 spiro atoms. The highest BCUT2D eigenvalue weighted by Gasteiger charge is 2.26. The van der Waals surface area contributed by atoms with Gasteiger partial charge in [0.05, 0.1) is 5.92 Å². The lowest BCUT2D eigenvalue weighted by molar-refractivity contribution is -0.155. The maximum absolute atomic E-state index is 12.6. The Morgan fingerprint density at radius 3 is 2.35 bits per heavy atom. The van der Waals surface area contributed by atoms with Crippen LogP contribution in [0.25, 0.3) is 0 Å². The fourth-order valence-electron chi connectivity index (χ4n) is 2.16. The lowest BCUT2D eigenvalue weighted by Crippen LogP contribution is -2.45. The van der Waals surface area contributed by atoms with Gasteiger partial charge >= 0.3 is 29.2 Å². The van der Waals surface area contributed by atoms with E-state index in [1.54, 1.807) is 32.0 Å². The number of rotatable bonds is 10. The van der Waals surface area contributed by atoms with E-state index in [0.717, 1.165) is 0 Å². The van der Waals surface area contributed by atoms with Gasteiger partial charge in [-0.15, -0.1) is 0 Å². The van der Waals surface area contributed by atoms with Crippen LogP contribution in [0.1, 0.15) is 26.8 Å². The van der Waals surface area contributed by atoms with Gasteiger partial charge in [-0.25, -0.2) is 19.2 Å². The number of hydrogen-bond donors (Lipinski definition) is 1. The molecule has 0 saturated heterocycles. The number of carbonyl (C=O) groups is 4. The molecule has 1 amide bonds. The number of nitrogens with one attached hydrogen (secondary N) is 1. The smallest absolute Gasteiger partial charge is 0.449 e. The van der Waals surface area contributed by atoms with Crippen molar-refractivity contribution in [3.05, 3.63) is 52.5 Å². The number of benzene rings is 1. The summed E-state index contributed by atoms with van der Waals surface area (Å²) in [6.07, 6.45) is -1.07. The largest absolute Gasteiger partial charge is 0.519 e. The van der Waals surface area contributed by atoms with Crippen LogP contribution in [0, 0.1) is 12.8 Å². The molecule has 2 aromatic rings. The van der Waals surface area contributed by atoms with E-state index in [1.807, 2.05) is 0 Å². The molecular formula is C21H25NO11S. The minimum absolute atomic E-state index is 0. The van der Waals surface area contributed by atoms with E-state index in [4.69, 9.17) is 23.4 Å². The summed E-state index contributed by atoms with van der Waals surface area (Å²) in [6.45, 7) is 3.66. The van der Waals surface area contributed by atoms with Crippen molar-refractivity contribution in [1.82, 2.24) is 5.32 Å². The molecule has 12 nitrogen and oxygen atoms in total. The molecule has 13 heteroatoms. The molecule has 186 valence electrons. The van der Waals surface area contributed by atoms with E-state index in [-0.39, 0.29) is 31.1 Å². The van der Waals surface area contributed by atoms with Crippen molar-refractivity contribution in [3.8, 4) is 5.75 Å². The monoisotopic (exact) mass is 499 g/mol. The zero-order chi connectivity index (χ0) is 25.1. The lowest BCUT2D eigenvalue weighted by Gasteiger charge is -2.17. The van der Waals surface area contributed by atoms with Gasteiger partial charge in [0.2, 0.25) is 6.79 Å². The van der Waals surface area contributed by atoms with Crippen molar-refractivity contribution in [2.24, 2.45) is 5.92 Å². The summed E-state index contributed by atoms with van der Waals surface area (Å²) in [4.78, 5) is 59.1. The molecule has 0 aliphatic rings. The summed E-state index contributed by atoms with van der Waals surface area (Å²) >= 11 is 0.562. The van der Waals surface area contributed by atoms with E-state index in [1.165, 1.54) is 19.1 Å². The number of alkyl carbamates (subject to hydrolysis) is 1. The summed E-state index contributed by atoms with van der Waals surface area (Å²) in [5, 5.41) is 1.43. The van der Waals surface area contributed by atoms with Crippen LogP contribution < -0.4 is 15.9 Å². The Bertz CT molecular complexity index is 1050. The highest BCUT2D eigenvalue weighted by Crippen LogP contribution is 2.15. The molecule has 1 heterocycles. The summed E-state index contributed by atoms with van der Waals surface area (Å²) in [7, 11) is 0. The Morgan fingerprint density at radius 2 is 1.74 bits per heavy atom. The highest BCUT2D eigenvalue weighted by atomic mass is 32.2. The Kier molecular flexibility index (Phi) is 10.2. The quantitative estimate of drug-likeness (QED) is 0.289. The predicted octanol–water partition coefficient (Wildman–Crippen LogP) is 3.01. The molecule has 1 aromatic heterocycles. The normalized spacial score (nSPS) is 11.4. The average Bonchev–Trinajstić information content (AvgIpc) is 3.12. The Labute approximate surface area is 199 Å². The number of hydrogen-bond acceptors (Lipinski definition) is 12. The topological polar surface area (TPSA) is 161 Å². The first kappa shape index (κ1) is 26.5. The first-order valence-electron chi connectivity index (χ1n) is 9.91. The summed E-state index contributed by atoms with van der Waals surface area (Å²) in [5.74, 6) is -2.65. The summed E-state index contributed by atoms with van der Waals surface area (Å²) in [5.41, 5.74) is 0. The lowest BCUT2D eigenvalue weighted by atomic mass is 10.2. The molecular weight excluding hydrogens is 474 g/mol. The van der Waals surface area contributed by atoms with Crippen LogP contribution in [0.2, 0.25) is 0 Å². The molecule has 0 aliphatic carbocycles. The third-order valence-corrected chi connectivity index (χ3v) is 4.78. The second-order valence-corrected chi connectivity index (χ2v) is 7.84. The van der Waals surface area contributed by atoms with Crippen molar-refractivity contribution in [2.75, 3.05) is 12.5 Å². The molecule has 0 saturated carbocycles. The molecule has 2 rings (SSSR count). The molecule has 0 bridgehead atoms. The Balaban J connectivity index is 0.00000612. The number of ether oxygens (including phenoxy) is 4. The van der Waals surface area contributed by atoms with E-state index >= 15 is 0 Å². The van der Waals surface area contributed by atoms with E-state index < -0.39 is 47.9 Å². The van der Waals surface area contributed by atoms with E-state index in [2.05, 4.69) is 9.73 Å². The maximum atomic E-state index is 12.6. The predicted molar refractivity (Wildman–Crippen MR) is 118 cm³/mol. The van der Waals surface area contributed by atoms with Gasteiger partial charge in [-0.2, -0.15) is 0 Å². The van der Waals surface area contributed by atoms with Crippen LogP contribution in [-0.2, 0) is 30.4 Å². The fraction of sp³-hybridized carbons (Fsp3) is 0.381. The molecule has 1 aromatic carbocycles. The van der Waals surface area contributed by atoms with Gasteiger partial charge in [0.15, 0.2) is 18.1 Å². The molecule has 1 atom stereocenters. The molecule has 0 aliphatic heterocycles. The second kappa shape index (κ2) is 13.1. The third kappa shape index (κ3) is 9.02. The second-order valence-electron chi connectivity index (χ2n) is 6.88. The molecule has 1 N–H and O–H groups in total. The van der Waals surface area contributed by atoms with Crippen LogP contribution in [0.3, 0.4) is 0 Å². The summed E-state index contributed by atoms with van der Waals surface area (Å²) in [6, 6.07) is 6.75. The van der Waals surface area contributed by atoms with Crippen molar-refractivity contribution < 1.29 is 48.4 Å². The number of esters is 2. The maximum Gasteiger partial charge on any atom is 0.519 e. The number of para-hydroxylation sites is 1. The van der Waals surface area contributed by atoms with Crippen LogP contribution >= 0.6 is 11.8 Å². The number of thioether (sulfide) groups is 1. The molecule has 0 radical (unpaired) electrons. The van der Waals surface area contributed by atoms with E-state index in [0.29, 0.717) is 11.8 Å². The van der Waals surface area contributed by atoms with Crippen molar-refractivity contribution >= 4 is 35.1 Å². The Hall–Kier alpha value is -3.74. The van der Waals surface area contributed by atoms with Gasteiger partial charge < -0.3 is 33.1 Å². The minimum atomic E-state index is -1.32. The van der Waals surface area contributed by atoms with Crippen molar-refractivity contribution in [3.63, 3.8) is 0 Å². The molecule has 0 fully saturated rings. The van der Waals surface area contributed by atoms with Crippen LogP contribution in [0.4, 0.5) is 9.59 Å². The van der Waals surface area contributed by atoms with Crippen molar-refractivity contribution in [2.45, 2.75) is 33.4 Å². The zero-order valence-corrected chi connectivity index (χ0v) is 19.4. The SMILES string of the molecule is Cc1oc(=O)oc1COC(=O)SC[C@H](NC(=O)OCOC(=O)C(C)C)C(=O)Oc1ccccc1.[HH]. The first-order chi connectivity index (χ1) is 16.2. The van der Waals surface area contributed by atoms with Gasteiger partial charge in [0.1, 0.15) is 11.8 Å². The highest BCUT2D eigenvalue weighted by molar-refractivity contribution is 8.13. The van der Waals surface area contributed by atoms with E-state index in [9.17, 15) is 24.0 Å². The standard InChI is InChI=1S/C21H23NO11S.H2/c1-12(2)17(23)29-11-30-19(25)22-15(18(24)32-14-7-5-4-6-8-14)10-34-21(27)28-9-16-13(3)31-20(26)33-16;/h4-8,12,15H,9-11H2,1-3H3,(H,22,25);1H/t15-;/m0./s1. The fourth-order valence-corrected chi connectivity index (χ4v) is 2.82. The Morgan fingerprint density at radius 1 is 1.03 bits per heavy atom. The average molecular weight is 499 g/mol. The van der Waals surface area contributed by atoms with Gasteiger partial charge in [-0.3, -0.25) is 4.79 Å². The molecule has 34 heavy (non-hydrogen) atoms. The number of aryl methyl sites for hydroxylation is 1. The van der Waals surface area contributed by atoms with Crippen LogP contribution in [0.5, 0.6) is 5.75 Å². The zero-order valence-electron chi connectivity index (χ0n) is 18.6. The summed E-state index contributed by atoms with van der Waals surface area (Å²) < 4.78 is 29.0. The number of carbonyl (C=O) groups excluding carboxylic acids is 4. The third-order valence-electron chi connectivity index (χ3n) is 3.93. The molecule has 0 unspecified atom stereocenters. The van der Waals surface area contributed by atoms with Gasteiger partial charge in [-0.05, 0) is 30.8 Å². The van der Waals surface area contributed by atoms with Gasteiger partial charge in [0, 0.05) is 7.18 Å².